The molecule has 0 bridgehead atoms. The monoisotopic (exact) mass is 299 g/mol. The molecule has 0 unspecified atom stereocenters. The number of hydrogen-bond acceptors (Lipinski definition) is 3. The van der Waals surface area contributed by atoms with E-state index >= 15 is 0 Å². The Labute approximate surface area is 113 Å². The van der Waals surface area contributed by atoms with Crippen molar-refractivity contribution in [1.29, 1.82) is 0 Å². The Morgan fingerprint density at radius 3 is 2.12 bits per heavy atom. The van der Waals surface area contributed by atoms with Gasteiger partial charge >= 0.3 is 7.12 Å². The number of rotatable bonds is 3. The van der Waals surface area contributed by atoms with Crippen LogP contribution in [0.25, 0.3) is 0 Å². The van der Waals surface area contributed by atoms with Gasteiger partial charge in [0.1, 0.15) is 0 Å². The van der Waals surface area contributed by atoms with Gasteiger partial charge < -0.3 is 10.0 Å². The third-order valence-corrected chi connectivity index (χ3v) is 3.13. The molecule has 0 saturated carbocycles. The van der Waals surface area contributed by atoms with E-state index in [0.717, 1.165) is 6.54 Å². The van der Waals surface area contributed by atoms with Crippen molar-refractivity contribution in [3.63, 3.8) is 0 Å². The average molecular weight is 300 g/mol. The zero-order valence-electron chi connectivity index (χ0n) is 9.88. The standard InChI is InChI=1S/C12H18BNO2.BrH/c15-13(16)12-6-4-11(5-7-12)10-14-8-2-1-3-9-14;/h4-7,15-16H,1-3,8-10H2;1H. The molecule has 0 radical (unpaired) electrons. The lowest BCUT2D eigenvalue weighted by Gasteiger charge is -2.26. The summed E-state index contributed by atoms with van der Waals surface area (Å²) in [5.41, 5.74) is 1.80. The number of nitrogens with zero attached hydrogens (tertiary/aromatic N) is 1. The van der Waals surface area contributed by atoms with Crippen molar-refractivity contribution in [2.75, 3.05) is 13.1 Å². The lowest BCUT2D eigenvalue weighted by Crippen LogP contribution is -2.31. The van der Waals surface area contributed by atoms with Gasteiger partial charge in [0.25, 0.3) is 0 Å². The van der Waals surface area contributed by atoms with Crippen LogP contribution in [0.1, 0.15) is 24.8 Å². The summed E-state index contributed by atoms with van der Waals surface area (Å²) in [5, 5.41) is 18.0. The van der Waals surface area contributed by atoms with Gasteiger partial charge in [0, 0.05) is 6.54 Å². The quantitative estimate of drug-likeness (QED) is 0.816. The normalized spacial score (nSPS) is 16.4. The van der Waals surface area contributed by atoms with E-state index < -0.39 is 7.12 Å². The maximum atomic E-state index is 8.98. The van der Waals surface area contributed by atoms with E-state index in [-0.39, 0.29) is 17.0 Å². The molecule has 2 N–H and O–H groups in total. The molecule has 0 aromatic heterocycles. The van der Waals surface area contributed by atoms with Gasteiger partial charge in [-0.25, -0.2) is 0 Å². The summed E-state index contributed by atoms with van der Waals surface area (Å²) in [7, 11) is -1.36. The van der Waals surface area contributed by atoms with Crippen LogP contribution in [-0.2, 0) is 6.54 Å². The van der Waals surface area contributed by atoms with Gasteiger partial charge in [-0.1, -0.05) is 30.7 Å². The predicted octanol–water partition coefficient (Wildman–Crippen LogP) is 0.930. The molecule has 2 rings (SSSR count). The average Bonchev–Trinajstić information content (AvgIpc) is 2.31. The van der Waals surface area contributed by atoms with Crippen LogP contribution in [0.2, 0.25) is 0 Å². The van der Waals surface area contributed by atoms with E-state index in [1.807, 2.05) is 12.1 Å². The van der Waals surface area contributed by atoms with Crippen molar-refractivity contribution in [2.45, 2.75) is 25.8 Å². The molecule has 0 aliphatic carbocycles. The van der Waals surface area contributed by atoms with Crippen LogP contribution in [0.15, 0.2) is 24.3 Å². The molecule has 1 aliphatic rings. The van der Waals surface area contributed by atoms with Crippen LogP contribution in [-0.4, -0.2) is 35.2 Å². The van der Waals surface area contributed by atoms with Gasteiger partial charge in [-0.2, -0.15) is 0 Å². The zero-order valence-corrected chi connectivity index (χ0v) is 11.6. The first-order valence-corrected chi connectivity index (χ1v) is 5.93. The van der Waals surface area contributed by atoms with E-state index in [4.69, 9.17) is 10.0 Å². The molecule has 5 heteroatoms. The molecule has 0 amide bonds. The van der Waals surface area contributed by atoms with Crippen molar-refractivity contribution in [3.05, 3.63) is 29.8 Å². The lowest BCUT2D eigenvalue weighted by atomic mass is 9.80. The highest BCUT2D eigenvalue weighted by Crippen LogP contribution is 2.12. The minimum absolute atomic E-state index is 0. The van der Waals surface area contributed by atoms with E-state index in [1.54, 1.807) is 12.1 Å². The molecule has 17 heavy (non-hydrogen) atoms. The van der Waals surface area contributed by atoms with Crippen molar-refractivity contribution in [1.82, 2.24) is 4.90 Å². The second-order valence-electron chi connectivity index (χ2n) is 4.45. The molecule has 94 valence electrons. The van der Waals surface area contributed by atoms with Crippen molar-refractivity contribution >= 4 is 29.6 Å². The van der Waals surface area contributed by atoms with Gasteiger partial charge in [0.05, 0.1) is 0 Å². The first-order valence-electron chi connectivity index (χ1n) is 5.93. The molecule has 1 aromatic carbocycles. The van der Waals surface area contributed by atoms with Gasteiger partial charge in [-0.05, 0) is 37.0 Å². The number of benzene rings is 1. The Hall–Kier alpha value is -0.355. The van der Waals surface area contributed by atoms with E-state index in [1.165, 1.54) is 37.9 Å². The predicted molar refractivity (Wildman–Crippen MR) is 75.7 cm³/mol. The second-order valence-corrected chi connectivity index (χ2v) is 4.45. The second kappa shape index (κ2) is 7.16. The number of halogens is 1. The highest BCUT2D eigenvalue weighted by atomic mass is 79.9. The minimum Gasteiger partial charge on any atom is -0.423 e. The van der Waals surface area contributed by atoms with Crippen LogP contribution in [0.3, 0.4) is 0 Å². The summed E-state index contributed by atoms with van der Waals surface area (Å²) in [4.78, 5) is 2.45. The smallest absolute Gasteiger partial charge is 0.423 e. The van der Waals surface area contributed by atoms with Gasteiger partial charge in [-0.15, -0.1) is 17.0 Å². The third-order valence-electron chi connectivity index (χ3n) is 3.13. The third kappa shape index (κ3) is 4.43. The molecule has 1 fully saturated rings. The van der Waals surface area contributed by atoms with Crippen molar-refractivity contribution < 1.29 is 10.0 Å². The summed E-state index contributed by atoms with van der Waals surface area (Å²) in [6.07, 6.45) is 3.95. The van der Waals surface area contributed by atoms with Crippen LogP contribution in [0.4, 0.5) is 0 Å². The molecular weight excluding hydrogens is 281 g/mol. The fourth-order valence-electron chi connectivity index (χ4n) is 2.17. The van der Waals surface area contributed by atoms with Crippen LogP contribution in [0.5, 0.6) is 0 Å². The summed E-state index contributed by atoms with van der Waals surface area (Å²) in [5.74, 6) is 0. The fourth-order valence-corrected chi connectivity index (χ4v) is 2.17. The lowest BCUT2D eigenvalue weighted by molar-refractivity contribution is 0.221. The van der Waals surface area contributed by atoms with Crippen LogP contribution in [0, 0.1) is 0 Å². The summed E-state index contributed by atoms with van der Waals surface area (Å²) < 4.78 is 0. The SMILES string of the molecule is Br.OB(O)c1ccc(CN2CCCCC2)cc1. The minimum atomic E-state index is -1.36. The Bertz CT molecular complexity index is 326. The Kier molecular flexibility index (Phi) is 6.20. The number of piperidine rings is 1. The molecule has 1 aliphatic heterocycles. The van der Waals surface area contributed by atoms with Crippen molar-refractivity contribution in [3.8, 4) is 0 Å². The zero-order chi connectivity index (χ0) is 11.4. The van der Waals surface area contributed by atoms with Crippen LogP contribution < -0.4 is 5.46 Å². The molecule has 1 heterocycles. The Balaban J connectivity index is 0.00000144. The van der Waals surface area contributed by atoms with E-state index in [0.29, 0.717) is 5.46 Å². The fraction of sp³-hybridized carbons (Fsp3) is 0.500. The van der Waals surface area contributed by atoms with Gasteiger partial charge in [0.2, 0.25) is 0 Å². The molecule has 0 spiro atoms. The first kappa shape index (κ1) is 14.7. The highest BCUT2D eigenvalue weighted by molar-refractivity contribution is 8.93. The van der Waals surface area contributed by atoms with Crippen molar-refractivity contribution in [2.24, 2.45) is 0 Å². The maximum Gasteiger partial charge on any atom is 0.488 e. The van der Waals surface area contributed by atoms with Crippen LogP contribution >= 0.6 is 17.0 Å². The van der Waals surface area contributed by atoms with Gasteiger partial charge in [0.15, 0.2) is 0 Å². The molecule has 1 saturated heterocycles. The largest absolute Gasteiger partial charge is 0.488 e. The number of hydrogen-bond donors (Lipinski definition) is 2. The molecule has 3 nitrogen and oxygen atoms in total. The van der Waals surface area contributed by atoms with E-state index in [2.05, 4.69) is 4.90 Å². The topological polar surface area (TPSA) is 43.7 Å². The molecular formula is C12H19BBrNO2. The Morgan fingerprint density at radius 1 is 1.00 bits per heavy atom. The Morgan fingerprint density at radius 2 is 1.59 bits per heavy atom. The summed E-state index contributed by atoms with van der Waals surface area (Å²) >= 11 is 0. The van der Waals surface area contributed by atoms with E-state index in [9.17, 15) is 0 Å². The summed E-state index contributed by atoms with van der Waals surface area (Å²) in [6, 6.07) is 7.51. The highest BCUT2D eigenvalue weighted by Gasteiger charge is 2.12. The maximum absolute atomic E-state index is 8.98. The summed E-state index contributed by atoms with van der Waals surface area (Å²) in [6.45, 7) is 3.34. The number of likely N-dealkylation sites (tertiary alicyclic amines) is 1. The first-order chi connectivity index (χ1) is 7.75. The molecule has 1 aromatic rings. The molecule has 0 atom stereocenters. The van der Waals surface area contributed by atoms with Gasteiger partial charge in [-0.3, -0.25) is 4.90 Å².